The van der Waals surface area contributed by atoms with Gasteiger partial charge < -0.3 is 26.3 Å². The van der Waals surface area contributed by atoms with Crippen molar-refractivity contribution in [2.45, 2.75) is 46.3 Å². The lowest BCUT2D eigenvalue weighted by molar-refractivity contribution is -0.135. The molecule has 9 nitrogen and oxygen atoms in total. The second kappa shape index (κ2) is 11.1. The van der Waals surface area contributed by atoms with Crippen LogP contribution in [0.5, 0.6) is 0 Å². The second-order valence-corrected chi connectivity index (χ2v) is 8.18. The monoisotopic (exact) mass is 441 g/mol. The predicted octanol–water partition coefficient (Wildman–Crippen LogP) is 1.55. The lowest BCUT2D eigenvalue weighted by Crippen LogP contribution is -2.47. The molecule has 0 fully saturated rings. The minimum absolute atomic E-state index is 0.158. The van der Waals surface area contributed by atoms with E-state index in [1.54, 1.807) is 11.9 Å². The topological polar surface area (TPSA) is 137 Å². The van der Waals surface area contributed by atoms with Crippen molar-refractivity contribution < 1.29 is 19.2 Å². The highest BCUT2D eigenvalue weighted by molar-refractivity contribution is 5.96. The van der Waals surface area contributed by atoms with E-state index in [9.17, 15) is 19.2 Å². The molecule has 5 N–H and O–H groups in total. The molecule has 0 bridgehead atoms. The maximum absolute atomic E-state index is 12.9. The van der Waals surface area contributed by atoms with Gasteiger partial charge in [-0.3, -0.25) is 19.2 Å². The predicted molar refractivity (Wildman–Crippen MR) is 120 cm³/mol. The summed E-state index contributed by atoms with van der Waals surface area (Å²) in [6, 6.07) is 9.84. The Kier molecular flexibility index (Phi) is 8.57. The van der Waals surface area contributed by atoms with Crippen molar-refractivity contribution in [3.05, 3.63) is 58.9 Å². The Morgan fingerprint density at radius 3 is 2.22 bits per heavy atom. The van der Waals surface area contributed by atoms with Gasteiger partial charge in [0.25, 0.3) is 11.8 Å². The molecule has 1 aromatic heterocycles. The van der Waals surface area contributed by atoms with E-state index in [1.165, 1.54) is 19.1 Å². The number of aromatic nitrogens is 1. The average molecular weight is 442 g/mol. The first kappa shape index (κ1) is 24.6. The fourth-order valence-corrected chi connectivity index (χ4v) is 3.36. The summed E-state index contributed by atoms with van der Waals surface area (Å²) in [5, 5.41) is 5.54. The van der Waals surface area contributed by atoms with Crippen LogP contribution in [-0.4, -0.2) is 46.6 Å². The average Bonchev–Trinajstić information content (AvgIpc) is 3.22. The van der Waals surface area contributed by atoms with E-state index in [-0.39, 0.29) is 41.6 Å². The number of amides is 4. The molecule has 0 unspecified atom stereocenters. The van der Waals surface area contributed by atoms with E-state index in [0.29, 0.717) is 13.0 Å². The van der Waals surface area contributed by atoms with Gasteiger partial charge in [-0.1, -0.05) is 38.1 Å². The molecule has 0 spiro atoms. The third-order valence-electron chi connectivity index (χ3n) is 4.92. The third kappa shape index (κ3) is 6.97. The summed E-state index contributed by atoms with van der Waals surface area (Å²) in [4.78, 5) is 52.3. The highest BCUT2D eigenvalue weighted by Gasteiger charge is 2.24. The van der Waals surface area contributed by atoms with Crippen LogP contribution in [0.25, 0.3) is 0 Å². The summed E-state index contributed by atoms with van der Waals surface area (Å²) in [5.74, 6) is -1.19. The fraction of sp³-hybridized carbons (Fsp3) is 0.391. The Balaban J connectivity index is 2.06. The Morgan fingerprint density at radius 1 is 1.03 bits per heavy atom. The van der Waals surface area contributed by atoms with E-state index >= 15 is 0 Å². The molecular formula is C23H31N5O4. The molecule has 0 saturated heterocycles. The van der Waals surface area contributed by atoms with Crippen LogP contribution >= 0.6 is 0 Å². The summed E-state index contributed by atoms with van der Waals surface area (Å²) in [6.07, 6.45) is 0.546. The summed E-state index contributed by atoms with van der Waals surface area (Å²) in [6.45, 7) is 5.96. The molecule has 1 aromatic carbocycles. The Labute approximate surface area is 187 Å². The number of benzene rings is 1. The molecule has 2 aromatic rings. The highest BCUT2D eigenvalue weighted by Crippen LogP contribution is 2.14. The van der Waals surface area contributed by atoms with Gasteiger partial charge in [-0.25, -0.2) is 0 Å². The molecule has 0 aliphatic rings. The number of likely N-dealkylation sites (N-methyl/N-ethyl adjacent to an activating group) is 1. The number of hydrogen-bond donors (Lipinski definition) is 4. The first-order chi connectivity index (χ1) is 15.1. The standard InChI is InChI=1S/C23H31N5O4/c1-14(2)11-20(26-15(3)29)23(32)28(4)13-17-8-6-5-7-16(17)12-25-22(31)19-10-9-18(27-19)21(24)30/h5-10,14,20,27H,11-13H2,1-4H3,(H2,24,30)(H,25,31)(H,26,29)/t20-/m0/s1. The van der Waals surface area contributed by atoms with Crippen LogP contribution in [-0.2, 0) is 22.7 Å². The van der Waals surface area contributed by atoms with Crippen LogP contribution in [0.4, 0.5) is 0 Å². The first-order valence-corrected chi connectivity index (χ1v) is 10.4. The van der Waals surface area contributed by atoms with Gasteiger partial charge in [-0.05, 0) is 35.6 Å². The van der Waals surface area contributed by atoms with Crippen LogP contribution in [0.1, 0.15) is 59.3 Å². The first-order valence-electron chi connectivity index (χ1n) is 10.4. The fourth-order valence-electron chi connectivity index (χ4n) is 3.36. The van der Waals surface area contributed by atoms with Gasteiger partial charge in [0.1, 0.15) is 17.4 Å². The minimum Gasteiger partial charge on any atom is -0.364 e. The number of primary amides is 1. The Hall–Kier alpha value is -3.62. The number of carbonyl (C=O) groups excluding carboxylic acids is 4. The van der Waals surface area contributed by atoms with Gasteiger partial charge in [0.05, 0.1) is 0 Å². The minimum atomic E-state index is -0.642. The smallest absolute Gasteiger partial charge is 0.267 e. The lowest BCUT2D eigenvalue weighted by atomic mass is 10.0. The van der Waals surface area contributed by atoms with Gasteiger partial charge in [0, 0.05) is 27.1 Å². The number of carbonyl (C=O) groups is 4. The quantitative estimate of drug-likeness (QED) is 0.444. The van der Waals surface area contributed by atoms with Gasteiger partial charge in [0.2, 0.25) is 11.8 Å². The second-order valence-electron chi connectivity index (χ2n) is 8.18. The molecule has 1 heterocycles. The van der Waals surface area contributed by atoms with Crippen molar-refractivity contribution in [2.75, 3.05) is 7.05 Å². The van der Waals surface area contributed by atoms with E-state index in [2.05, 4.69) is 15.6 Å². The van der Waals surface area contributed by atoms with Crippen molar-refractivity contribution in [3.8, 4) is 0 Å². The zero-order chi connectivity index (χ0) is 23.8. The normalized spacial score (nSPS) is 11.7. The van der Waals surface area contributed by atoms with Gasteiger partial charge in [-0.15, -0.1) is 0 Å². The Bertz CT molecular complexity index is 982. The van der Waals surface area contributed by atoms with Crippen LogP contribution in [0.15, 0.2) is 36.4 Å². The maximum atomic E-state index is 12.9. The van der Waals surface area contributed by atoms with Gasteiger partial charge in [-0.2, -0.15) is 0 Å². The summed E-state index contributed by atoms with van der Waals surface area (Å²) >= 11 is 0. The molecule has 2 rings (SSSR count). The number of H-pyrrole nitrogens is 1. The number of nitrogens with two attached hydrogens (primary N) is 1. The number of nitrogens with one attached hydrogen (secondary N) is 3. The van der Waals surface area contributed by atoms with Crippen LogP contribution in [0, 0.1) is 5.92 Å². The van der Waals surface area contributed by atoms with Crippen molar-refractivity contribution in [2.24, 2.45) is 11.7 Å². The maximum Gasteiger partial charge on any atom is 0.267 e. The summed E-state index contributed by atoms with van der Waals surface area (Å²) in [5.41, 5.74) is 7.31. The van der Waals surface area contributed by atoms with Crippen molar-refractivity contribution in [3.63, 3.8) is 0 Å². The van der Waals surface area contributed by atoms with E-state index in [0.717, 1.165) is 11.1 Å². The molecule has 32 heavy (non-hydrogen) atoms. The highest BCUT2D eigenvalue weighted by atomic mass is 16.2. The third-order valence-corrected chi connectivity index (χ3v) is 4.92. The Morgan fingerprint density at radius 2 is 1.66 bits per heavy atom. The van der Waals surface area contributed by atoms with Crippen LogP contribution < -0.4 is 16.4 Å². The molecule has 0 aliphatic heterocycles. The van der Waals surface area contributed by atoms with Crippen LogP contribution in [0.3, 0.4) is 0 Å². The largest absolute Gasteiger partial charge is 0.364 e. The molecule has 1 atom stereocenters. The SMILES string of the molecule is CC(=O)N[C@@H](CC(C)C)C(=O)N(C)Cc1ccccc1CNC(=O)c1ccc(C(N)=O)[nH]1. The zero-order valence-corrected chi connectivity index (χ0v) is 18.9. The van der Waals surface area contributed by atoms with Crippen LogP contribution in [0.2, 0.25) is 0 Å². The molecule has 0 saturated carbocycles. The zero-order valence-electron chi connectivity index (χ0n) is 18.9. The summed E-state index contributed by atoms with van der Waals surface area (Å²) < 4.78 is 0. The lowest BCUT2D eigenvalue weighted by Gasteiger charge is -2.26. The van der Waals surface area contributed by atoms with Crippen molar-refractivity contribution in [1.82, 2.24) is 20.5 Å². The number of hydrogen-bond acceptors (Lipinski definition) is 4. The van der Waals surface area contributed by atoms with Gasteiger partial charge in [0.15, 0.2) is 0 Å². The number of nitrogens with zero attached hydrogens (tertiary/aromatic N) is 1. The van der Waals surface area contributed by atoms with E-state index in [1.807, 2.05) is 38.1 Å². The van der Waals surface area contributed by atoms with Crippen molar-refractivity contribution in [1.29, 1.82) is 0 Å². The molecule has 0 aliphatic carbocycles. The molecular weight excluding hydrogens is 410 g/mol. The molecule has 9 heteroatoms. The molecule has 172 valence electrons. The number of aromatic amines is 1. The van der Waals surface area contributed by atoms with E-state index in [4.69, 9.17) is 5.73 Å². The number of rotatable bonds is 10. The molecule has 0 radical (unpaired) electrons. The van der Waals surface area contributed by atoms with E-state index < -0.39 is 11.9 Å². The summed E-state index contributed by atoms with van der Waals surface area (Å²) in [7, 11) is 1.69. The van der Waals surface area contributed by atoms with Crippen molar-refractivity contribution >= 4 is 23.6 Å². The van der Waals surface area contributed by atoms with Gasteiger partial charge >= 0.3 is 0 Å². The molecule has 4 amide bonds.